The summed E-state index contributed by atoms with van der Waals surface area (Å²) in [7, 11) is 3.78. The van der Waals surface area contributed by atoms with Crippen LogP contribution in [0.5, 0.6) is 11.5 Å². The molecule has 1 amide bonds. The summed E-state index contributed by atoms with van der Waals surface area (Å²) in [6.07, 6.45) is 6.07. The molecule has 3 atom stereocenters. The van der Waals surface area contributed by atoms with Gasteiger partial charge in [-0.05, 0) is 37.7 Å². The van der Waals surface area contributed by atoms with Crippen molar-refractivity contribution in [1.82, 2.24) is 10.2 Å². The van der Waals surface area contributed by atoms with Gasteiger partial charge in [0.2, 0.25) is 0 Å². The summed E-state index contributed by atoms with van der Waals surface area (Å²) in [4.78, 5) is 14.2. The number of nitrogens with one attached hydrogen (secondary N) is 1. The predicted octanol–water partition coefficient (Wildman–Crippen LogP) is 3.85. The van der Waals surface area contributed by atoms with E-state index in [9.17, 15) is 4.79 Å². The lowest BCUT2D eigenvalue weighted by Gasteiger charge is -2.26. The van der Waals surface area contributed by atoms with Crippen molar-refractivity contribution in [3.8, 4) is 11.5 Å². The molecule has 0 spiro atoms. The summed E-state index contributed by atoms with van der Waals surface area (Å²) in [5.41, 5.74) is 2.46. The Morgan fingerprint density at radius 3 is 2.86 bits per heavy atom. The fourth-order valence-corrected chi connectivity index (χ4v) is 3.82. The first-order valence-electron chi connectivity index (χ1n) is 10.2. The molecule has 3 rings (SSSR count). The second-order valence-electron chi connectivity index (χ2n) is 7.53. The van der Waals surface area contributed by atoms with Crippen molar-refractivity contribution in [2.45, 2.75) is 57.8 Å². The van der Waals surface area contributed by atoms with E-state index < -0.39 is 0 Å². The van der Waals surface area contributed by atoms with E-state index in [4.69, 9.17) is 14.2 Å². The fourth-order valence-electron chi connectivity index (χ4n) is 3.82. The SMILES string of the molecule is CCCCNC(=O)O[C@H]1C=C[C@H]2c3c(CN(C)CC)ccc(OC)c3O[C@H]2C1. The van der Waals surface area contributed by atoms with Gasteiger partial charge >= 0.3 is 6.09 Å². The number of carbonyl (C=O) groups is 1. The molecule has 0 fully saturated rings. The van der Waals surface area contributed by atoms with Crippen molar-refractivity contribution in [2.24, 2.45) is 0 Å². The van der Waals surface area contributed by atoms with E-state index in [0.29, 0.717) is 13.0 Å². The van der Waals surface area contributed by atoms with Crippen LogP contribution in [0.15, 0.2) is 24.3 Å². The summed E-state index contributed by atoms with van der Waals surface area (Å²) < 4.78 is 17.4. The number of carbonyl (C=O) groups excluding carboxylic acids is 1. The van der Waals surface area contributed by atoms with E-state index in [1.807, 2.05) is 12.1 Å². The number of alkyl carbamates (subject to hydrolysis) is 1. The lowest BCUT2D eigenvalue weighted by Crippen LogP contribution is -2.34. The van der Waals surface area contributed by atoms with Crippen LogP contribution in [-0.2, 0) is 11.3 Å². The number of methoxy groups -OCH3 is 1. The Morgan fingerprint density at radius 2 is 2.14 bits per heavy atom. The van der Waals surface area contributed by atoms with Crippen molar-refractivity contribution in [1.29, 1.82) is 0 Å². The lowest BCUT2D eigenvalue weighted by molar-refractivity contribution is 0.0807. The van der Waals surface area contributed by atoms with Gasteiger partial charge in [0.15, 0.2) is 11.5 Å². The number of unbranched alkanes of at least 4 members (excludes halogenated alkanes) is 1. The van der Waals surface area contributed by atoms with Crippen LogP contribution >= 0.6 is 0 Å². The normalized spacial score (nSPS) is 22.4. The van der Waals surface area contributed by atoms with Crippen LogP contribution in [0.4, 0.5) is 4.79 Å². The number of amides is 1. The maximum Gasteiger partial charge on any atom is 0.407 e. The molecule has 1 aromatic carbocycles. The molecule has 0 radical (unpaired) electrons. The maximum absolute atomic E-state index is 12.0. The molecule has 154 valence electrons. The number of nitrogens with zero attached hydrogens (tertiary/aromatic N) is 1. The van der Waals surface area contributed by atoms with Gasteiger partial charge in [-0.25, -0.2) is 4.79 Å². The highest BCUT2D eigenvalue weighted by molar-refractivity contribution is 5.67. The van der Waals surface area contributed by atoms with Crippen LogP contribution in [0.1, 0.15) is 50.2 Å². The second kappa shape index (κ2) is 9.32. The smallest absolute Gasteiger partial charge is 0.407 e. The second-order valence-corrected chi connectivity index (χ2v) is 7.53. The summed E-state index contributed by atoms with van der Waals surface area (Å²) in [5.74, 6) is 1.75. The minimum Gasteiger partial charge on any atom is -0.493 e. The Hall–Kier alpha value is -2.21. The number of hydrogen-bond donors (Lipinski definition) is 1. The van der Waals surface area contributed by atoms with E-state index in [0.717, 1.165) is 37.4 Å². The Bertz CT molecular complexity index is 719. The third-order valence-corrected chi connectivity index (χ3v) is 5.51. The molecule has 1 N–H and O–H groups in total. The van der Waals surface area contributed by atoms with Gasteiger partial charge in [0.1, 0.15) is 12.2 Å². The molecular formula is C22H32N2O4. The van der Waals surface area contributed by atoms with Gasteiger partial charge < -0.3 is 24.4 Å². The Balaban J connectivity index is 1.74. The van der Waals surface area contributed by atoms with E-state index in [1.54, 1.807) is 7.11 Å². The topological polar surface area (TPSA) is 60.0 Å². The molecule has 0 saturated carbocycles. The summed E-state index contributed by atoms with van der Waals surface area (Å²) in [6, 6.07) is 4.11. The van der Waals surface area contributed by atoms with Gasteiger partial charge in [0, 0.05) is 31.0 Å². The molecule has 0 saturated heterocycles. The monoisotopic (exact) mass is 388 g/mol. The Labute approximate surface area is 167 Å². The van der Waals surface area contributed by atoms with E-state index in [2.05, 4.69) is 43.3 Å². The summed E-state index contributed by atoms with van der Waals surface area (Å²) in [6.45, 7) is 6.73. The molecule has 0 unspecified atom stereocenters. The van der Waals surface area contributed by atoms with Crippen LogP contribution in [0, 0.1) is 0 Å². The quantitative estimate of drug-likeness (QED) is 0.541. The minimum absolute atomic E-state index is 0.0459. The lowest BCUT2D eigenvalue weighted by atomic mass is 9.85. The van der Waals surface area contributed by atoms with Crippen LogP contribution in [0.3, 0.4) is 0 Å². The molecule has 1 aliphatic heterocycles. The van der Waals surface area contributed by atoms with Gasteiger partial charge in [0.05, 0.1) is 7.11 Å². The van der Waals surface area contributed by atoms with Gasteiger partial charge in [-0.2, -0.15) is 0 Å². The molecule has 6 nitrogen and oxygen atoms in total. The summed E-state index contributed by atoms with van der Waals surface area (Å²) >= 11 is 0. The van der Waals surface area contributed by atoms with Crippen molar-refractivity contribution < 1.29 is 19.0 Å². The molecule has 0 aromatic heterocycles. The average Bonchev–Trinajstić information content (AvgIpc) is 3.07. The van der Waals surface area contributed by atoms with Crippen molar-refractivity contribution in [2.75, 3.05) is 27.2 Å². The number of fused-ring (bicyclic) bond motifs is 3. The summed E-state index contributed by atoms with van der Waals surface area (Å²) in [5, 5.41) is 2.80. The van der Waals surface area contributed by atoms with Crippen molar-refractivity contribution in [3.05, 3.63) is 35.4 Å². The van der Waals surface area contributed by atoms with Gasteiger partial charge in [-0.3, -0.25) is 0 Å². The highest BCUT2D eigenvalue weighted by atomic mass is 16.6. The third kappa shape index (κ3) is 4.43. The van der Waals surface area contributed by atoms with Gasteiger partial charge in [-0.1, -0.05) is 32.4 Å². The van der Waals surface area contributed by atoms with Crippen LogP contribution in [-0.4, -0.2) is 50.4 Å². The third-order valence-electron chi connectivity index (χ3n) is 5.51. The van der Waals surface area contributed by atoms with Gasteiger partial charge in [-0.15, -0.1) is 0 Å². The highest BCUT2D eigenvalue weighted by Crippen LogP contribution is 2.49. The molecule has 2 aliphatic rings. The highest BCUT2D eigenvalue weighted by Gasteiger charge is 2.40. The largest absolute Gasteiger partial charge is 0.493 e. The van der Waals surface area contributed by atoms with Crippen LogP contribution in [0.25, 0.3) is 0 Å². The molecule has 6 heteroatoms. The standard InChI is InChI=1S/C22H32N2O4/c1-5-7-12-23-22(25)27-16-9-10-17-19(13-16)28-21-18(26-4)11-8-15(20(17)21)14-24(3)6-2/h8-11,16-17,19H,5-7,12-14H2,1-4H3,(H,23,25)/t16-,17+,19-/m0/s1. The van der Waals surface area contributed by atoms with Crippen LogP contribution in [0.2, 0.25) is 0 Å². The first-order valence-corrected chi connectivity index (χ1v) is 10.2. The van der Waals surface area contributed by atoms with E-state index >= 15 is 0 Å². The van der Waals surface area contributed by atoms with E-state index in [1.165, 1.54) is 11.1 Å². The number of hydrogen-bond acceptors (Lipinski definition) is 5. The first-order chi connectivity index (χ1) is 13.6. The predicted molar refractivity (Wildman–Crippen MR) is 109 cm³/mol. The average molecular weight is 389 g/mol. The van der Waals surface area contributed by atoms with Gasteiger partial charge in [0.25, 0.3) is 0 Å². The van der Waals surface area contributed by atoms with Crippen molar-refractivity contribution >= 4 is 6.09 Å². The molecule has 1 heterocycles. The maximum atomic E-state index is 12.0. The zero-order valence-corrected chi connectivity index (χ0v) is 17.4. The van der Waals surface area contributed by atoms with Crippen LogP contribution < -0.4 is 14.8 Å². The Morgan fingerprint density at radius 1 is 1.32 bits per heavy atom. The molecule has 28 heavy (non-hydrogen) atoms. The Kier molecular flexibility index (Phi) is 6.83. The zero-order chi connectivity index (χ0) is 20.1. The van der Waals surface area contributed by atoms with Crippen molar-refractivity contribution in [3.63, 3.8) is 0 Å². The molecule has 1 aliphatic carbocycles. The fraction of sp³-hybridized carbons (Fsp3) is 0.591. The number of benzene rings is 1. The van der Waals surface area contributed by atoms with E-state index in [-0.39, 0.29) is 24.2 Å². The minimum atomic E-state index is -0.361. The number of ether oxygens (including phenoxy) is 3. The molecule has 1 aromatic rings. The first kappa shape index (κ1) is 20.5. The molecular weight excluding hydrogens is 356 g/mol. The molecule has 0 bridgehead atoms. The zero-order valence-electron chi connectivity index (χ0n) is 17.4. The number of rotatable bonds is 8.